The van der Waals surface area contributed by atoms with Gasteiger partial charge in [-0.3, -0.25) is 4.98 Å². The van der Waals surface area contributed by atoms with Gasteiger partial charge in [0.2, 0.25) is 0 Å². The van der Waals surface area contributed by atoms with Gasteiger partial charge in [0, 0.05) is 27.7 Å². The van der Waals surface area contributed by atoms with E-state index < -0.39 is 0 Å². The Morgan fingerprint density at radius 2 is 1.94 bits per heavy atom. The van der Waals surface area contributed by atoms with E-state index in [-0.39, 0.29) is 0 Å². The van der Waals surface area contributed by atoms with Crippen LogP contribution in [0.4, 0.5) is 0 Å². The van der Waals surface area contributed by atoms with Gasteiger partial charge in [-0.2, -0.15) is 0 Å². The lowest BCUT2D eigenvalue weighted by molar-refractivity contribution is 0.456. The zero-order valence-electron chi connectivity index (χ0n) is 10.1. The summed E-state index contributed by atoms with van der Waals surface area (Å²) in [5.41, 5.74) is 1.12. The van der Waals surface area contributed by atoms with Crippen LogP contribution in [0.2, 0.25) is 0 Å². The molecule has 0 spiro atoms. The predicted molar refractivity (Wildman–Crippen MR) is 78.1 cm³/mol. The first-order valence-electron chi connectivity index (χ1n) is 6.77. The van der Waals surface area contributed by atoms with Crippen LogP contribution in [0.15, 0.2) is 21.2 Å². The van der Waals surface area contributed by atoms with Crippen LogP contribution in [0.3, 0.4) is 0 Å². The Bertz CT molecular complexity index is 475. The minimum Gasteiger partial charge on any atom is -0.308 e. The van der Waals surface area contributed by atoms with E-state index in [0.717, 1.165) is 50.9 Å². The van der Waals surface area contributed by atoms with Gasteiger partial charge in [0.25, 0.3) is 0 Å². The molecule has 1 N–H and O–H groups in total. The lowest BCUT2D eigenvalue weighted by atomic mass is 10.0. The summed E-state index contributed by atoms with van der Waals surface area (Å²) in [4.78, 5) is 4.47. The second kappa shape index (κ2) is 4.29. The average molecular weight is 372 g/mol. The maximum absolute atomic E-state index is 4.47. The summed E-state index contributed by atoms with van der Waals surface area (Å²) in [5.74, 6) is 4.08. The van der Waals surface area contributed by atoms with Crippen molar-refractivity contribution in [2.24, 2.45) is 23.7 Å². The van der Waals surface area contributed by atoms with Crippen molar-refractivity contribution in [1.29, 1.82) is 0 Å². The van der Waals surface area contributed by atoms with Gasteiger partial charge in [0.15, 0.2) is 0 Å². The first kappa shape index (κ1) is 11.9. The highest BCUT2D eigenvalue weighted by molar-refractivity contribution is 9.11. The fourth-order valence-electron chi connectivity index (χ4n) is 4.39. The molecule has 0 aliphatic heterocycles. The highest BCUT2D eigenvalue weighted by atomic mass is 79.9. The van der Waals surface area contributed by atoms with Crippen LogP contribution in [-0.2, 0) is 6.54 Å². The molecule has 96 valence electrons. The number of nitrogens with one attached hydrogen (secondary N) is 1. The Morgan fingerprint density at radius 1 is 1.22 bits per heavy atom. The molecule has 1 heterocycles. The number of hydrogen-bond donors (Lipinski definition) is 1. The normalized spacial score (nSPS) is 40.0. The molecule has 0 saturated heterocycles. The first-order valence-corrected chi connectivity index (χ1v) is 8.36. The topological polar surface area (TPSA) is 24.9 Å². The highest BCUT2D eigenvalue weighted by Crippen LogP contribution is 2.65. The van der Waals surface area contributed by atoms with Crippen molar-refractivity contribution >= 4 is 31.9 Å². The standard InChI is InChI=1S/C14H16Br2N2/c15-9-4-10(16)11(17-5-9)6-18-14-12-7-1-2-8(3-7)13(12)14/h4-5,7-8,12-14,18H,1-3,6H2. The van der Waals surface area contributed by atoms with Crippen LogP contribution in [-0.4, -0.2) is 11.0 Å². The Balaban J connectivity index is 1.40. The summed E-state index contributed by atoms with van der Waals surface area (Å²) in [5, 5.41) is 3.73. The lowest BCUT2D eigenvalue weighted by Crippen LogP contribution is -2.23. The van der Waals surface area contributed by atoms with Gasteiger partial charge in [0.05, 0.1) is 5.69 Å². The molecule has 2 bridgehead atoms. The summed E-state index contributed by atoms with van der Waals surface area (Å²) in [6, 6.07) is 2.86. The maximum Gasteiger partial charge on any atom is 0.0684 e. The first-order chi connectivity index (χ1) is 8.74. The number of aromatic nitrogens is 1. The molecule has 3 aliphatic rings. The summed E-state index contributed by atoms with van der Waals surface area (Å²) < 4.78 is 2.12. The summed E-state index contributed by atoms with van der Waals surface area (Å²) in [6.07, 6.45) is 6.38. The van der Waals surface area contributed by atoms with Crippen LogP contribution in [0.1, 0.15) is 25.0 Å². The molecule has 4 heteroatoms. The highest BCUT2D eigenvalue weighted by Gasteiger charge is 2.64. The molecule has 3 fully saturated rings. The number of rotatable bonds is 3. The maximum atomic E-state index is 4.47. The molecular formula is C14H16Br2N2. The second-order valence-electron chi connectivity index (χ2n) is 5.98. The quantitative estimate of drug-likeness (QED) is 0.875. The summed E-state index contributed by atoms with van der Waals surface area (Å²) >= 11 is 7.02. The van der Waals surface area contributed by atoms with E-state index in [1.165, 1.54) is 19.3 Å². The molecule has 1 aromatic heterocycles. The van der Waals surface area contributed by atoms with Gasteiger partial charge in [-0.05, 0) is 80.9 Å². The Labute approximate surface area is 124 Å². The fourth-order valence-corrected chi connectivity index (χ4v) is 5.51. The molecule has 2 nitrogen and oxygen atoms in total. The third-order valence-corrected chi connectivity index (χ3v) is 6.24. The molecule has 0 aromatic carbocycles. The van der Waals surface area contributed by atoms with Gasteiger partial charge >= 0.3 is 0 Å². The van der Waals surface area contributed by atoms with E-state index in [2.05, 4.69) is 48.2 Å². The van der Waals surface area contributed by atoms with E-state index in [1.54, 1.807) is 0 Å². The van der Waals surface area contributed by atoms with Crippen molar-refractivity contribution in [3.63, 3.8) is 0 Å². The van der Waals surface area contributed by atoms with E-state index in [4.69, 9.17) is 0 Å². The number of pyridine rings is 1. The monoisotopic (exact) mass is 370 g/mol. The van der Waals surface area contributed by atoms with Gasteiger partial charge in [-0.25, -0.2) is 0 Å². The summed E-state index contributed by atoms with van der Waals surface area (Å²) in [7, 11) is 0. The molecule has 0 amide bonds. The fraction of sp³-hybridized carbons (Fsp3) is 0.643. The molecule has 18 heavy (non-hydrogen) atoms. The largest absolute Gasteiger partial charge is 0.308 e. The zero-order valence-corrected chi connectivity index (χ0v) is 13.2. The van der Waals surface area contributed by atoms with Crippen LogP contribution >= 0.6 is 31.9 Å². The van der Waals surface area contributed by atoms with Crippen molar-refractivity contribution in [2.75, 3.05) is 0 Å². The molecule has 1 aromatic rings. The molecule has 0 radical (unpaired) electrons. The van der Waals surface area contributed by atoms with E-state index in [0.29, 0.717) is 0 Å². The van der Waals surface area contributed by atoms with E-state index >= 15 is 0 Å². The van der Waals surface area contributed by atoms with Crippen LogP contribution in [0, 0.1) is 23.7 Å². The smallest absolute Gasteiger partial charge is 0.0684 e. The van der Waals surface area contributed by atoms with Crippen molar-refractivity contribution in [3.8, 4) is 0 Å². The van der Waals surface area contributed by atoms with Gasteiger partial charge in [-0.1, -0.05) is 0 Å². The zero-order chi connectivity index (χ0) is 12.3. The molecule has 4 rings (SSSR count). The summed E-state index contributed by atoms with van der Waals surface area (Å²) in [6.45, 7) is 0.894. The van der Waals surface area contributed by atoms with E-state index in [1.807, 2.05) is 6.20 Å². The van der Waals surface area contributed by atoms with Crippen LogP contribution in [0.25, 0.3) is 0 Å². The lowest BCUT2D eigenvalue weighted by Gasteiger charge is -2.11. The van der Waals surface area contributed by atoms with Crippen molar-refractivity contribution in [2.45, 2.75) is 31.8 Å². The minimum atomic E-state index is 0.786. The van der Waals surface area contributed by atoms with Crippen molar-refractivity contribution in [3.05, 3.63) is 26.9 Å². The molecule has 3 saturated carbocycles. The van der Waals surface area contributed by atoms with Crippen molar-refractivity contribution in [1.82, 2.24) is 10.3 Å². The van der Waals surface area contributed by atoms with Crippen LogP contribution in [0.5, 0.6) is 0 Å². The Hall–Kier alpha value is 0.0700. The number of fused-ring (bicyclic) bond motifs is 5. The number of halogens is 2. The van der Waals surface area contributed by atoms with Gasteiger partial charge < -0.3 is 5.32 Å². The Kier molecular flexibility index (Phi) is 2.82. The SMILES string of the molecule is Brc1cnc(CNC2C3C4CCC(C4)C23)c(Br)c1. The van der Waals surface area contributed by atoms with Gasteiger partial charge in [0.1, 0.15) is 0 Å². The van der Waals surface area contributed by atoms with Crippen LogP contribution < -0.4 is 5.32 Å². The van der Waals surface area contributed by atoms with Crippen molar-refractivity contribution < 1.29 is 0 Å². The number of nitrogens with zero attached hydrogens (tertiary/aromatic N) is 1. The van der Waals surface area contributed by atoms with Gasteiger partial charge in [-0.15, -0.1) is 0 Å². The molecular weight excluding hydrogens is 356 g/mol. The van der Waals surface area contributed by atoms with E-state index in [9.17, 15) is 0 Å². The predicted octanol–water partition coefficient (Wildman–Crippen LogP) is 3.74. The second-order valence-corrected chi connectivity index (χ2v) is 7.75. The third kappa shape index (κ3) is 1.80. The average Bonchev–Trinajstić information content (AvgIpc) is 2.75. The molecule has 4 atom stereocenters. The minimum absolute atomic E-state index is 0.786. The molecule has 3 aliphatic carbocycles. The third-order valence-electron chi connectivity index (χ3n) is 5.12. The molecule has 4 unspecified atom stereocenters. The number of hydrogen-bond acceptors (Lipinski definition) is 2. The Morgan fingerprint density at radius 3 is 2.61 bits per heavy atom.